The molecule has 0 fully saturated rings. The van der Waals surface area contributed by atoms with Crippen LogP contribution in [0.3, 0.4) is 0 Å². The number of hydrogen-bond donors (Lipinski definition) is 3. The number of anilines is 1. The van der Waals surface area contributed by atoms with E-state index in [2.05, 4.69) is 5.32 Å². The van der Waals surface area contributed by atoms with Crippen LogP contribution in [-0.4, -0.2) is 33.0 Å². The minimum atomic E-state index is -1.49. The number of carboxylic acids is 2. The monoisotopic (exact) mass is 440 g/mol. The number of amides is 1. The third-order valence-corrected chi connectivity index (χ3v) is 4.19. The molecule has 162 valence electrons. The van der Waals surface area contributed by atoms with Gasteiger partial charge in [-0.25, -0.2) is 14.0 Å². The second kappa shape index (κ2) is 8.92. The van der Waals surface area contributed by atoms with E-state index in [9.17, 15) is 34.0 Å². The lowest BCUT2D eigenvalue weighted by atomic mass is 10.1. The topological polar surface area (TPSA) is 156 Å². The molecule has 0 aliphatic rings. The molecule has 0 spiro atoms. The maximum absolute atomic E-state index is 13.8. The fraction of sp³-hybridized carbons (Fsp3) is 0. The van der Waals surface area contributed by atoms with E-state index in [1.165, 1.54) is 30.3 Å². The lowest BCUT2D eigenvalue weighted by molar-refractivity contribution is -0.384. The van der Waals surface area contributed by atoms with E-state index < -0.39 is 39.7 Å². The second-order valence-electron chi connectivity index (χ2n) is 6.32. The predicted molar refractivity (Wildman–Crippen MR) is 108 cm³/mol. The Bertz CT molecular complexity index is 1260. The molecule has 3 aromatic carbocycles. The van der Waals surface area contributed by atoms with Crippen molar-refractivity contribution >= 4 is 29.2 Å². The molecular weight excluding hydrogens is 427 g/mol. The van der Waals surface area contributed by atoms with Gasteiger partial charge in [0.15, 0.2) is 5.75 Å². The van der Waals surface area contributed by atoms with E-state index in [4.69, 9.17) is 9.84 Å². The summed E-state index contributed by atoms with van der Waals surface area (Å²) < 4.78 is 19.3. The van der Waals surface area contributed by atoms with Gasteiger partial charge in [0.2, 0.25) is 0 Å². The number of carbonyl (C=O) groups is 3. The summed E-state index contributed by atoms with van der Waals surface area (Å²) in [6.45, 7) is 0. The van der Waals surface area contributed by atoms with Crippen LogP contribution in [0.25, 0.3) is 0 Å². The maximum atomic E-state index is 13.8. The number of ether oxygens (including phenoxy) is 1. The summed E-state index contributed by atoms with van der Waals surface area (Å²) in [7, 11) is 0. The Morgan fingerprint density at radius 3 is 2.31 bits per heavy atom. The van der Waals surface area contributed by atoms with Crippen LogP contribution < -0.4 is 10.1 Å². The van der Waals surface area contributed by atoms with Crippen LogP contribution in [0.1, 0.15) is 31.1 Å². The zero-order chi connectivity index (χ0) is 23.4. The SMILES string of the molecule is O=C(Nc1cc(F)ccc1Oc1ccc(C(=O)O)c(C(=O)O)c1)c1cccc([N+](=O)[O-])c1. The summed E-state index contributed by atoms with van der Waals surface area (Å²) in [5.74, 6) is -4.60. The Hall–Kier alpha value is -4.80. The van der Waals surface area contributed by atoms with Crippen LogP contribution in [0.4, 0.5) is 15.8 Å². The van der Waals surface area contributed by atoms with Crippen LogP contribution in [-0.2, 0) is 0 Å². The average molecular weight is 440 g/mol. The largest absolute Gasteiger partial charge is 0.478 e. The maximum Gasteiger partial charge on any atom is 0.336 e. The third-order valence-electron chi connectivity index (χ3n) is 4.19. The first-order valence-corrected chi connectivity index (χ1v) is 8.79. The number of hydrogen-bond acceptors (Lipinski definition) is 6. The van der Waals surface area contributed by atoms with Gasteiger partial charge < -0.3 is 20.3 Å². The van der Waals surface area contributed by atoms with Gasteiger partial charge >= 0.3 is 11.9 Å². The number of nitro benzene ring substituents is 1. The van der Waals surface area contributed by atoms with E-state index in [1.54, 1.807) is 0 Å². The van der Waals surface area contributed by atoms with E-state index in [0.29, 0.717) is 0 Å². The van der Waals surface area contributed by atoms with Crippen molar-refractivity contribution in [3.8, 4) is 11.5 Å². The highest BCUT2D eigenvalue weighted by atomic mass is 19.1. The molecule has 1 amide bonds. The molecule has 0 saturated carbocycles. The number of halogens is 1. The van der Waals surface area contributed by atoms with Crippen molar-refractivity contribution in [3.63, 3.8) is 0 Å². The molecule has 0 aromatic heterocycles. The van der Waals surface area contributed by atoms with E-state index in [1.807, 2.05) is 0 Å². The van der Waals surface area contributed by atoms with Crippen molar-refractivity contribution < 1.29 is 38.6 Å². The summed E-state index contributed by atoms with van der Waals surface area (Å²) in [5, 5.41) is 31.6. The van der Waals surface area contributed by atoms with Gasteiger partial charge in [-0.2, -0.15) is 0 Å². The molecule has 3 N–H and O–H groups in total. The van der Waals surface area contributed by atoms with Gasteiger partial charge in [0, 0.05) is 23.8 Å². The van der Waals surface area contributed by atoms with Crippen LogP contribution >= 0.6 is 0 Å². The number of nitro groups is 1. The molecule has 0 aliphatic heterocycles. The molecule has 0 atom stereocenters. The Kier molecular flexibility index (Phi) is 6.10. The van der Waals surface area contributed by atoms with Crippen molar-refractivity contribution in [3.05, 3.63) is 93.3 Å². The number of benzene rings is 3. The van der Waals surface area contributed by atoms with E-state index >= 15 is 0 Å². The number of nitrogens with zero attached hydrogens (tertiary/aromatic N) is 1. The van der Waals surface area contributed by atoms with Gasteiger partial charge in [-0.15, -0.1) is 0 Å². The predicted octanol–water partition coefficient (Wildman–Crippen LogP) is 4.17. The molecule has 0 aliphatic carbocycles. The van der Waals surface area contributed by atoms with Crippen LogP contribution in [0.5, 0.6) is 11.5 Å². The highest BCUT2D eigenvalue weighted by Crippen LogP contribution is 2.32. The quantitative estimate of drug-likeness (QED) is 0.365. The Morgan fingerprint density at radius 2 is 1.66 bits per heavy atom. The van der Waals surface area contributed by atoms with E-state index in [-0.39, 0.29) is 28.4 Å². The zero-order valence-corrected chi connectivity index (χ0v) is 15.9. The van der Waals surface area contributed by atoms with Gasteiger partial charge in [0.1, 0.15) is 11.6 Å². The Balaban J connectivity index is 1.92. The highest BCUT2D eigenvalue weighted by molar-refractivity contribution is 6.05. The average Bonchev–Trinajstić information content (AvgIpc) is 2.75. The van der Waals surface area contributed by atoms with Crippen molar-refractivity contribution in [2.45, 2.75) is 0 Å². The van der Waals surface area contributed by atoms with Crippen molar-refractivity contribution in [2.24, 2.45) is 0 Å². The van der Waals surface area contributed by atoms with Crippen LogP contribution in [0.2, 0.25) is 0 Å². The van der Waals surface area contributed by atoms with Gasteiger partial charge in [-0.05, 0) is 36.4 Å². The fourth-order valence-electron chi connectivity index (χ4n) is 2.72. The highest BCUT2D eigenvalue weighted by Gasteiger charge is 2.19. The van der Waals surface area contributed by atoms with Crippen molar-refractivity contribution in [2.75, 3.05) is 5.32 Å². The minimum absolute atomic E-state index is 0.0617. The second-order valence-corrected chi connectivity index (χ2v) is 6.32. The molecule has 11 heteroatoms. The van der Waals surface area contributed by atoms with Crippen LogP contribution in [0, 0.1) is 15.9 Å². The summed E-state index contributed by atoms with van der Waals surface area (Å²) in [5.41, 5.74) is -1.50. The summed E-state index contributed by atoms with van der Waals surface area (Å²) >= 11 is 0. The van der Waals surface area contributed by atoms with Gasteiger partial charge in [-0.1, -0.05) is 6.07 Å². The van der Waals surface area contributed by atoms with Crippen molar-refractivity contribution in [1.29, 1.82) is 0 Å². The molecule has 0 radical (unpaired) electrons. The Morgan fingerprint density at radius 1 is 0.938 bits per heavy atom. The molecule has 32 heavy (non-hydrogen) atoms. The van der Waals surface area contributed by atoms with Gasteiger partial charge in [0.25, 0.3) is 11.6 Å². The number of aromatic carboxylic acids is 2. The minimum Gasteiger partial charge on any atom is -0.478 e. The number of non-ortho nitro benzene ring substituents is 1. The molecule has 3 aromatic rings. The zero-order valence-electron chi connectivity index (χ0n) is 15.9. The summed E-state index contributed by atoms with van der Waals surface area (Å²) in [6, 6.07) is 11.2. The lowest BCUT2D eigenvalue weighted by Crippen LogP contribution is -2.13. The molecule has 10 nitrogen and oxygen atoms in total. The van der Waals surface area contributed by atoms with E-state index in [0.717, 1.165) is 30.3 Å². The first-order valence-electron chi connectivity index (χ1n) is 8.79. The van der Waals surface area contributed by atoms with Gasteiger partial charge in [0.05, 0.1) is 21.7 Å². The number of nitrogens with one attached hydrogen (secondary N) is 1. The summed E-state index contributed by atoms with van der Waals surface area (Å²) in [6.07, 6.45) is 0. The van der Waals surface area contributed by atoms with Crippen LogP contribution in [0.15, 0.2) is 60.7 Å². The van der Waals surface area contributed by atoms with Gasteiger partial charge in [-0.3, -0.25) is 14.9 Å². The van der Waals surface area contributed by atoms with Crippen molar-refractivity contribution in [1.82, 2.24) is 0 Å². The normalized spacial score (nSPS) is 10.3. The molecule has 0 bridgehead atoms. The molecular formula is C21H13FN2O8. The molecule has 3 rings (SSSR count). The summed E-state index contributed by atoms with van der Waals surface area (Å²) in [4.78, 5) is 45.3. The smallest absolute Gasteiger partial charge is 0.336 e. The first-order chi connectivity index (χ1) is 15.2. The molecule has 0 heterocycles. The molecule has 0 saturated heterocycles. The number of rotatable bonds is 7. The first kappa shape index (κ1) is 21.9. The Labute approximate surface area is 178 Å². The standard InChI is InChI=1S/C21H13FN2O8/c22-12-4-7-18(32-14-5-6-15(20(26)27)16(10-14)21(28)29)17(9-12)23-19(25)11-2-1-3-13(8-11)24(30)31/h1-10H,(H,23,25)(H,26,27)(H,28,29). The number of carbonyl (C=O) groups excluding carboxylic acids is 1. The molecule has 0 unspecified atom stereocenters. The third kappa shape index (κ3) is 4.84. The fourth-order valence-corrected chi connectivity index (χ4v) is 2.72. The number of carboxylic acid groups (broad SMARTS) is 2. The lowest BCUT2D eigenvalue weighted by Gasteiger charge is -2.13.